The lowest BCUT2D eigenvalue weighted by Crippen LogP contribution is -3.11. The Kier molecular flexibility index (Phi) is 9.21. The molecular formula is C22H28F2N3O3+. The lowest BCUT2D eigenvalue weighted by Gasteiger charge is -2.21. The summed E-state index contributed by atoms with van der Waals surface area (Å²) in [6.45, 7) is 0.00628. The predicted molar refractivity (Wildman–Crippen MR) is 109 cm³/mol. The molecule has 2 aromatic carbocycles. The van der Waals surface area contributed by atoms with Gasteiger partial charge in [0.2, 0.25) is 0 Å². The van der Waals surface area contributed by atoms with Gasteiger partial charge in [-0.2, -0.15) is 8.78 Å². The molecule has 162 valence electrons. The maximum atomic E-state index is 12.6. The van der Waals surface area contributed by atoms with Gasteiger partial charge in [0.05, 0.1) is 13.1 Å². The molecule has 0 bridgehead atoms. The summed E-state index contributed by atoms with van der Waals surface area (Å²) in [7, 11) is 1.78. The number of nitrogens with one attached hydrogen (secondary N) is 3. The van der Waals surface area contributed by atoms with Crippen LogP contribution in [0.1, 0.15) is 30.5 Å². The summed E-state index contributed by atoms with van der Waals surface area (Å²) in [4.78, 5) is 25.2. The maximum Gasteiger partial charge on any atom is 0.387 e. The Labute approximate surface area is 175 Å². The summed E-state index contributed by atoms with van der Waals surface area (Å²) in [5, 5.41) is 5.77. The zero-order valence-corrected chi connectivity index (χ0v) is 17.2. The van der Waals surface area contributed by atoms with Crippen LogP contribution in [0.4, 0.5) is 8.78 Å². The number of ether oxygens (including phenoxy) is 1. The smallest absolute Gasteiger partial charge is 0.387 e. The van der Waals surface area contributed by atoms with Gasteiger partial charge in [0.1, 0.15) is 5.75 Å². The molecule has 0 spiro atoms. The second-order valence-electron chi connectivity index (χ2n) is 7.02. The Morgan fingerprint density at radius 3 is 2.17 bits per heavy atom. The second kappa shape index (κ2) is 11.9. The van der Waals surface area contributed by atoms with Crippen LogP contribution in [0.2, 0.25) is 0 Å². The SMILES string of the molecule is CCCNC(=O)C[NH+](C)CC(=O)N[C@H](c1ccccc1)c1ccc(OC(F)F)cc1. The average Bonchev–Trinajstić information content (AvgIpc) is 2.71. The monoisotopic (exact) mass is 420 g/mol. The Hall–Kier alpha value is -3.00. The minimum Gasteiger partial charge on any atom is -0.435 e. The minimum absolute atomic E-state index is 0.0501. The first-order chi connectivity index (χ1) is 14.4. The Morgan fingerprint density at radius 1 is 0.967 bits per heavy atom. The van der Waals surface area contributed by atoms with Crippen LogP contribution in [0.15, 0.2) is 54.6 Å². The molecule has 2 atom stereocenters. The van der Waals surface area contributed by atoms with E-state index < -0.39 is 12.7 Å². The van der Waals surface area contributed by atoms with Crippen molar-refractivity contribution in [3.63, 3.8) is 0 Å². The minimum atomic E-state index is -2.89. The molecule has 0 saturated heterocycles. The third kappa shape index (κ3) is 7.79. The zero-order chi connectivity index (χ0) is 21.9. The number of carbonyl (C=O) groups is 2. The lowest BCUT2D eigenvalue weighted by molar-refractivity contribution is -0.862. The summed E-state index contributed by atoms with van der Waals surface area (Å²) in [6, 6.07) is 15.1. The summed E-state index contributed by atoms with van der Waals surface area (Å²) < 4.78 is 29.2. The summed E-state index contributed by atoms with van der Waals surface area (Å²) in [5.74, 6) is -0.275. The number of alkyl halides is 2. The van der Waals surface area contributed by atoms with Gasteiger partial charge in [0.15, 0.2) is 13.1 Å². The van der Waals surface area contributed by atoms with E-state index >= 15 is 0 Å². The lowest BCUT2D eigenvalue weighted by atomic mass is 9.98. The van der Waals surface area contributed by atoms with Crippen LogP contribution in [0, 0.1) is 0 Å². The molecule has 2 amide bonds. The van der Waals surface area contributed by atoms with Crippen molar-refractivity contribution in [1.82, 2.24) is 10.6 Å². The van der Waals surface area contributed by atoms with Gasteiger partial charge in [-0.05, 0) is 29.7 Å². The van der Waals surface area contributed by atoms with E-state index in [9.17, 15) is 18.4 Å². The summed E-state index contributed by atoms with van der Waals surface area (Å²) >= 11 is 0. The van der Waals surface area contributed by atoms with Gasteiger partial charge in [-0.25, -0.2) is 0 Å². The maximum absolute atomic E-state index is 12.6. The van der Waals surface area contributed by atoms with Crippen molar-refractivity contribution in [2.45, 2.75) is 26.0 Å². The molecule has 30 heavy (non-hydrogen) atoms. The number of amides is 2. The van der Waals surface area contributed by atoms with E-state index in [0.717, 1.165) is 22.4 Å². The highest BCUT2D eigenvalue weighted by Crippen LogP contribution is 2.24. The van der Waals surface area contributed by atoms with E-state index in [-0.39, 0.29) is 30.7 Å². The van der Waals surface area contributed by atoms with Crippen molar-refractivity contribution >= 4 is 11.8 Å². The molecule has 1 unspecified atom stereocenters. The number of quaternary nitrogens is 1. The number of likely N-dealkylation sites (N-methyl/N-ethyl adjacent to an activating group) is 1. The highest BCUT2D eigenvalue weighted by atomic mass is 19.3. The quantitative estimate of drug-likeness (QED) is 0.516. The van der Waals surface area contributed by atoms with Crippen LogP contribution in [0.3, 0.4) is 0 Å². The van der Waals surface area contributed by atoms with Gasteiger partial charge in [-0.15, -0.1) is 0 Å². The van der Waals surface area contributed by atoms with Gasteiger partial charge in [-0.3, -0.25) is 9.59 Å². The van der Waals surface area contributed by atoms with Crippen LogP contribution in [-0.4, -0.2) is 45.1 Å². The predicted octanol–water partition coefficient (Wildman–Crippen LogP) is 1.53. The Bertz CT molecular complexity index is 801. The molecule has 0 radical (unpaired) electrons. The fourth-order valence-corrected chi connectivity index (χ4v) is 3.00. The molecule has 0 aliphatic heterocycles. The van der Waals surface area contributed by atoms with E-state index in [1.54, 1.807) is 19.2 Å². The van der Waals surface area contributed by atoms with E-state index in [1.165, 1.54) is 12.1 Å². The van der Waals surface area contributed by atoms with Crippen LogP contribution in [0.25, 0.3) is 0 Å². The Balaban J connectivity index is 2.07. The van der Waals surface area contributed by atoms with Gasteiger partial charge in [0, 0.05) is 6.54 Å². The number of rotatable bonds is 11. The van der Waals surface area contributed by atoms with Crippen molar-refractivity contribution in [2.24, 2.45) is 0 Å². The van der Waals surface area contributed by atoms with E-state index in [2.05, 4.69) is 15.4 Å². The van der Waals surface area contributed by atoms with E-state index in [1.807, 2.05) is 37.3 Å². The number of hydrogen-bond donors (Lipinski definition) is 3. The van der Waals surface area contributed by atoms with Crippen molar-refractivity contribution in [3.8, 4) is 5.75 Å². The van der Waals surface area contributed by atoms with Gasteiger partial charge >= 0.3 is 6.61 Å². The van der Waals surface area contributed by atoms with Gasteiger partial charge in [-0.1, -0.05) is 49.4 Å². The highest BCUT2D eigenvalue weighted by molar-refractivity contribution is 5.79. The van der Waals surface area contributed by atoms with Crippen molar-refractivity contribution in [3.05, 3.63) is 65.7 Å². The van der Waals surface area contributed by atoms with Gasteiger partial charge in [0.25, 0.3) is 11.8 Å². The molecule has 2 rings (SSSR count). The molecule has 0 aliphatic carbocycles. The molecule has 2 aromatic rings. The average molecular weight is 420 g/mol. The largest absolute Gasteiger partial charge is 0.435 e. The van der Waals surface area contributed by atoms with E-state index in [0.29, 0.717) is 6.54 Å². The van der Waals surface area contributed by atoms with Crippen molar-refractivity contribution in [2.75, 3.05) is 26.7 Å². The molecule has 0 aliphatic rings. The van der Waals surface area contributed by atoms with Crippen molar-refractivity contribution in [1.29, 1.82) is 0 Å². The molecule has 0 saturated carbocycles. The first kappa shape index (κ1) is 23.3. The normalized spacial score (nSPS) is 12.8. The highest BCUT2D eigenvalue weighted by Gasteiger charge is 2.20. The zero-order valence-electron chi connectivity index (χ0n) is 17.2. The summed E-state index contributed by atoms with van der Waals surface area (Å²) in [6.07, 6.45) is 0.852. The molecule has 3 N–H and O–H groups in total. The van der Waals surface area contributed by atoms with Crippen LogP contribution >= 0.6 is 0 Å². The van der Waals surface area contributed by atoms with Crippen LogP contribution in [0.5, 0.6) is 5.75 Å². The Morgan fingerprint density at radius 2 is 1.57 bits per heavy atom. The number of halogens is 2. The van der Waals surface area contributed by atoms with E-state index in [4.69, 9.17) is 0 Å². The van der Waals surface area contributed by atoms with Gasteiger partial charge < -0.3 is 20.3 Å². The summed E-state index contributed by atoms with van der Waals surface area (Å²) in [5.41, 5.74) is 1.58. The standard InChI is InChI=1S/C22H27F2N3O3/c1-3-13-25-19(28)14-27(2)15-20(29)26-21(16-7-5-4-6-8-16)17-9-11-18(12-10-17)30-22(23)24/h4-12,21-22H,3,13-15H2,1-2H3,(H,25,28)(H,26,29)/p+1/t21-/m1/s1. The van der Waals surface area contributed by atoms with Crippen LogP contribution in [-0.2, 0) is 9.59 Å². The number of hydrogen-bond acceptors (Lipinski definition) is 3. The third-order valence-corrected chi connectivity index (χ3v) is 4.37. The first-order valence-electron chi connectivity index (χ1n) is 9.86. The fraction of sp³-hybridized carbons (Fsp3) is 0.364. The first-order valence-corrected chi connectivity index (χ1v) is 9.86. The number of benzene rings is 2. The number of carbonyl (C=O) groups excluding carboxylic acids is 2. The molecule has 0 fully saturated rings. The topological polar surface area (TPSA) is 71.9 Å². The molecule has 0 heterocycles. The molecule has 8 heteroatoms. The van der Waals surface area contributed by atoms with Crippen LogP contribution < -0.4 is 20.3 Å². The molecule has 0 aromatic heterocycles. The molecular weight excluding hydrogens is 392 g/mol. The fourth-order valence-electron chi connectivity index (χ4n) is 3.00. The molecule has 6 nitrogen and oxygen atoms in total. The third-order valence-electron chi connectivity index (χ3n) is 4.37. The van der Waals surface area contributed by atoms with Crippen molar-refractivity contribution < 1.29 is 28.0 Å². The second-order valence-corrected chi connectivity index (χ2v) is 7.02.